The number of hydrogen-bond donors (Lipinski definition) is 1. The van der Waals surface area contributed by atoms with Gasteiger partial charge >= 0.3 is 0 Å². The van der Waals surface area contributed by atoms with Crippen LogP contribution in [0.4, 0.5) is 0 Å². The Labute approximate surface area is 113 Å². The van der Waals surface area contributed by atoms with Gasteiger partial charge in [-0.1, -0.05) is 19.3 Å². The van der Waals surface area contributed by atoms with Crippen LogP contribution in [0.5, 0.6) is 0 Å². The largest absolute Gasteiger partial charge is 0.314 e. The van der Waals surface area contributed by atoms with Crippen LogP contribution in [0.3, 0.4) is 0 Å². The highest BCUT2D eigenvalue weighted by molar-refractivity contribution is 4.89. The zero-order chi connectivity index (χ0) is 12.2. The molecule has 1 heterocycles. The Bertz CT molecular complexity index is 247. The second-order valence-corrected chi connectivity index (χ2v) is 6.73. The van der Waals surface area contributed by atoms with Gasteiger partial charge in [0.25, 0.3) is 0 Å². The van der Waals surface area contributed by atoms with Crippen molar-refractivity contribution in [1.29, 1.82) is 0 Å². The van der Waals surface area contributed by atoms with Gasteiger partial charge in [0, 0.05) is 12.1 Å². The molecule has 3 fully saturated rings. The van der Waals surface area contributed by atoms with Crippen LogP contribution in [-0.2, 0) is 0 Å². The van der Waals surface area contributed by atoms with Crippen molar-refractivity contribution in [2.45, 2.75) is 76.3 Å². The van der Waals surface area contributed by atoms with Crippen LogP contribution in [0, 0.1) is 5.92 Å². The third-order valence-electron chi connectivity index (χ3n) is 5.52. The molecule has 0 bridgehead atoms. The van der Waals surface area contributed by atoms with Crippen molar-refractivity contribution in [1.82, 2.24) is 10.2 Å². The van der Waals surface area contributed by atoms with Crippen LogP contribution in [-0.4, -0.2) is 36.6 Å². The maximum absolute atomic E-state index is 3.75. The molecule has 3 rings (SSSR count). The number of nitrogens with one attached hydrogen (secondary N) is 1. The van der Waals surface area contributed by atoms with E-state index in [9.17, 15) is 0 Å². The highest BCUT2D eigenvalue weighted by Gasteiger charge is 2.34. The van der Waals surface area contributed by atoms with Crippen LogP contribution in [0.2, 0.25) is 0 Å². The Morgan fingerprint density at radius 2 is 1.72 bits per heavy atom. The van der Waals surface area contributed by atoms with Gasteiger partial charge in [-0.25, -0.2) is 0 Å². The van der Waals surface area contributed by atoms with Gasteiger partial charge in [0.15, 0.2) is 0 Å². The number of piperidine rings is 1. The number of hydrogen-bond acceptors (Lipinski definition) is 2. The van der Waals surface area contributed by atoms with Crippen molar-refractivity contribution in [3.05, 3.63) is 0 Å². The van der Waals surface area contributed by atoms with Crippen molar-refractivity contribution in [2.24, 2.45) is 5.92 Å². The molecule has 0 amide bonds. The lowest BCUT2D eigenvalue weighted by Crippen LogP contribution is -2.43. The van der Waals surface area contributed by atoms with E-state index in [1.807, 2.05) is 0 Å². The number of fused-ring (bicyclic) bond motifs is 1. The first-order chi connectivity index (χ1) is 8.93. The molecule has 104 valence electrons. The lowest BCUT2D eigenvalue weighted by Gasteiger charge is -2.37. The first kappa shape index (κ1) is 12.9. The molecule has 1 N–H and O–H groups in total. The van der Waals surface area contributed by atoms with E-state index >= 15 is 0 Å². The molecular formula is C16H30N2. The monoisotopic (exact) mass is 250 g/mol. The Hall–Kier alpha value is -0.0800. The summed E-state index contributed by atoms with van der Waals surface area (Å²) >= 11 is 0. The summed E-state index contributed by atoms with van der Waals surface area (Å²) < 4.78 is 0. The fraction of sp³-hybridized carbons (Fsp3) is 1.00. The first-order valence-electron chi connectivity index (χ1n) is 8.41. The molecule has 2 saturated carbocycles. The molecular weight excluding hydrogens is 220 g/mol. The molecule has 0 radical (unpaired) electrons. The fourth-order valence-corrected chi connectivity index (χ4v) is 4.55. The number of rotatable bonds is 5. The van der Waals surface area contributed by atoms with Gasteiger partial charge in [-0.15, -0.1) is 0 Å². The summed E-state index contributed by atoms with van der Waals surface area (Å²) in [6.45, 7) is 3.98. The second kappa shape index (κ2) is 6.38. The third kappa shape index (κ3) is 3.08. The van der Waals surface area contributed by atoms with E-state index in [1.165, 1.54) is 83.8 Å². The summed E-state index contributed by atoms with van der Waals surface area (Å²) in [5.74, 6) is 1.06. The molecule has 1 aliphatic heterocycles. The van der Waals surface area contributed by atoms with E-state index in [0.717, 1.165) is 18.0 Å². The molecule has 2 unspecified atom stereocenters. The number of nitrogens with zero attached hydrogens (tertiary/aromatic N) is 1. The molecule has 0 aromatic carbocycles. The Morgan fingerprint density at radius 1 is 0.889 bits per heavy atom. The fourth-order valence-electron chi connectivity index (χ4n) is 4.55. The van der Waals surface area contributed by atoms with Crippen molar-refractivity contribution in [3.63, 3.8) is 0 Å². The normalized spacial score (nSPS) is 34.0. The van der Waals surface area contributed by atoms with E-state index in [4.69, 9.17) is 0 Å². The van der Waals surface area contributed by atoms with Crippen molar-refractivity contribution in [2.75, 3.05) is 19.6 Å². The lowest BCUT2D eigenvalue weighted by molar-refractivity contribution is 0.111. The molecule has 2 aliphatic carbocycles. The molecule has 0 aromatic heterocycles. The van der Waals surface area contributed by atoms with Crippen molar-refractivity contribution in [3.8, 4) is 0 Å². The minimum atomic E-state index is 0.852. The minimum Gasteiger partial charge on any atom is -0.314 e. The summed E-state index contributed by atoms with van der Waals surface area (Å²) in [7, 11) is 0. The van der Waals surface area contributed by atoms with Crippen LogP contribution >= 0.6 is 0 Å². The van der Waals surface area contributed by atoms with E-state index < -0.39 is 0 Å². The van der Waals surface area contributed by atoms with Crippen LogP contribution in [0.1, 0.15) is 64.2 Å². The first-order valence-corrected chi connectivity index (χ1v) is 8.41. The maximum atomic E-state index is 3.75. The van der Waals surface area contributed by atoms with Crippen LogP contribution in [0.15, 0.2) is 0 Å². The van der Waals surface area contributed by atoms with Gasteiger partial charge in [-0.05, 0) is 70.5 Å². The van der Waals surface area contributed by atoms with E-state index in [0.29, 0.717) is 0 Å². The van der Waals surface area contributed by atoms with Gasteiger partial charge in [0.05, 0.1) is 0 Å². The van der Waals surface area contributed by atoms with E-state index in [-0.39, 0.29) is 0 Å². The molecule has 1 saturated heterocycles. The molecule has 3 aliphatic rings. The Balaban J connectivity index is 1.34. The zero-order valence-electron chi connectivity index (χ0n) is 11.9. The predicted molar refractivity (Wildman–Crippen MR) is 76.8 cm³/mol. The predicted octanol–water partition coefficient (Wildman–Crippen LogP) is 3.17. The van der Waals surface area contributed by atoms with Crippen LogP contribution in [0.25, 0.3) is 0 Å². The maximum Gasteiger partial charge on any atom is 0.0123 e. The molecule has 2 nitrogen and oxygen atoms in total. The van der Waals surface area contributed by atoms with E-state index in [1.54, 1.807) is 0 Å². The van der Waals surface area contributed by atoms with E-state index in [2.05, 4.69) is 10.2 Å². The minimum absolute atomic E-state index is 0.852. The van der Waals surface area contributed by atoms with Gasteiger partial charge < -0.3 is 10.2 Å². The number of likely N-dealkylation sites (tertiary alicyclic amines) is 1. The molecule has 2 atom stereocenters. The van der Waals surface area contributed by atoms with Gasteiger partial charge in [-0.3, -0.25) is 0 Å². The van der Waals surface area contributed by atoms with Crippen molar-refractivity contribution >= 4 is 0 Å². The van der Waals surface area contributed by atoms with Gasteiger partial charge in [0.1, 0.15) is 0 Å². The average Bonchev–Trinajstić information content (AvgIpc) is 3.05. The second-order valence-electron chi connectivity index (χ2n) is 6.73. The van der Waals surface area contributed by atoms with Crippen LogP contribution < -0.4 is 5.32 Å². The standard InChI is InChI=1S/C16H30N2/c1-2-9-15(8-1)17-11-5-13-18-12-4-7-14-6-3-10-16(14)18/h14-17H,1-13H2. The smallest absolute Gasteiger partial charge is 0.0123 e. The van der Waals surface area contributed by atoms with Gasteiger partial charge in [0.2, 0.25) is 0 Å². The highest BCUT2D eigenvalue weighted by Crippen LogP contribution is 2.36. The molecule has 18 heavy (non-hydrogen) atoms. The zero-order valence-corrected chi connectivity index (χ0v) is 11.9. The topological polar surface area (TPSA) is 15.3 Å². The third-order valence-corrected chi connectivity index (χ3v) is 5.52. The summed E-state index contributed by atoms with van der Waals surface area (Å²) in [5.41, 5.74) is 0. The molecule has 0 aromatic rings. The molecule has 2 heteroatoms. The SMILES string of the molecule is C1CCC(NCCCN2CCCC3CCCC32)C1. The van der Waals surface area contributed by atoms with Gasteiger partial charge in [-0.2, -0.15) is 0 Å². The average molecular weight is 250 g/mol. The van der Waals surface area contributed by atoms with Crippen molar-refractivity contribution < 1.29 is 0 Å². The summed E-state index contributed by atoms with van der Waals surface area (Å²) in [4.78, 5) is 2.82. The quantitative estimate of drug-likeness (QED) is 0.754. The highest BCUT2D eigenvalue weighted by atomic mass is 15.2. The molecule has 0 spiro atoms. The Kier molecular flexibility index (Phi) is 4.58. The summed E-state index contributed by atoms with van der Waals surface area (Å²) in [6.07, 6.45) is 14.6. The summed E-state index contributed by atoms with van der Waals surface area (Å²) in [6, 6.07) is 1.82. The lowest BCUT2D eigenvalue weighted by atomic mass is 9.92. The summed E-state index contributed by atoms with van der Waals surface area (Å²) in [5, 5.41) is 3.75. The Morgan fingerprint density at radius 3 is 2.61 bits per heavy atom.